The molecule has 2 heterocycles. The van der Waals surface area contributed by atoms with E-state index in [0.29, 0.717) is 0 Å². The topological polar surface area (TPSA) is 17.8 Å². The number of nitrogens with zero attached hydrogens (tertiary/aromatic N) is 2. The Kier molecular flexibility index (Phi) is 2.96. The van der Waals surface area contributed by atoms with E-state index in [2.05, 4.69) is 102 Å². The highest BCUT2D eigenvalue weighted by Crippen LogP contribution is 2.61. The third-order valence-electron chi connectivity index (χ3n) is 6.97. The molecule has 0 radical (unpaired) electrons. The Morgan fingerprint density at radius 1 is 0.733 bits per heavy atom. The predicted molar refractivity (Wildman–Crippen MR) is 121 cm³/mol. The average Bonchev–Trinajstić information content (AvgIpc) is 3.42. The molecule has 2 nitrogen and oxygen atoms in total. The van der Waals surface area contributed by atoms with Gasteiger partial charge in [0.25, 0.3) is 0 Å². The molecule has 5 aromatic rings. The standard InChI is InChI=1S/C28H20N2/c1-2-18-10-9-17-25-26(18)28(27-29-23-15-7-8-16-24(23)30(25)27)21-13-5-3-11-19(21)20-12-4-6-14-22(20)28/h3-17H,2H2,1H3. The van der Waals surface area contributed by atoms with Crippen LogP contribution in [-0.2, 0) is 11.8 Å². The van der Waals surface area contributed by atoms with Crippen LogP contribution >= 0.6 is 0 Å². The van der Waals surface area contributed by atoms with Gasteiger partial charge in [-0.3, -0.25) is 4.57 Å². The Hall–Kier alpha value is -3.65. The third-order valence-corrected chi connectivity index (χ3v) is 6.97. The van der Waals surface area contributed by atoms with Crippen LogP contribution in [0.25, 0.3) is 27.8 Å². The van der Waals surface area contributed by atoms with E-state index in [1.54, 1.807) is 0 Å². The zero-order valence-corrected chi connectivity index (χ0v) is 16.8. The number of rotatable bonds is 1. The van der Waals surface area contributed by atoms with Crippen LogP contribution in [0.3, 0.4) is 0 Å². The van der Waals surface area contributed by atoms with Crippen molar-refractivity contribution in [3.63, 3.8) is 0 Å². The molecule has 0 fully saturated rings. The van der Waals surface area contributed by atoms with E-state index in [4.69, 9.17) is 4.98 Å². The van der Waals surface area contributed by atoms with Crippen molar-refractivity contribution < 1.29 is 0 Å². The Bertz CT molecular complexity index is 1440. The van der Waals surface area contributed by atoms with Crippen molar-refractivity contribution in [1.29, 1.82) is 0 Å². The van der Waals surface area contributed by atoms with Crippen LogP contribution in [0.5, 0.6) is 0 Å². The fourth-order valence-corrected chi connectivity index (χ4v) is 5.88. The molecule has 7 rings (SSSR count). The fraction of sp³-hybridized carbons (Fsp3) is 0.107. The van der Waals surface area contributed by atoms with Gasteiger partial charge in [-0.2, -0.15) is 0 Å². The maximum atomic E-state index is 5.28. The maximum Gasteiger partial charge on any atom is 0.134 e. The average molecular weight is 384 g/mol. The summed E-state index contributed by atoms with van der Waals surface area (Å²) in [4.78, 5) is 5.28. The molecule has 1 aliphatic heterocycles. The first-order chi connectivity index (χ1) is 14.9. The molecular weight excluding hydrogens is 364 g/mol. The highest BCUT2D eigenvalue weighted by atomic mass is 15.1. The summed E-state index contributed by atoms with van der Waals surface area (Å²) >= 11 is 0. The molecule has 0 N–H and O–H groups in total. The van der Waals surface area contributed by atoms with Crippen molar-refractivity contribution in [3.05, 3.63) is 119 Å². The molecule has 0 bridgehead atoms. The summed E-state index contributed by atoms with van der Waals surface area (Å²) in [6.45, 7) is 2.26. The van der Waals surface area contributed by atoms with E-state index in [0.717, 1.165) is 17.8 Å². The Morgan fingerprint density at radius 2 is 1.40 bits per heavy atom. The van der Waals surface area contributed by atoms with Gasteiger partial charge in [0.05, 0.1) is 16.7 Å². The van der Waals surface area contributed by atoms with Gasteiger partial charge in [-0.25, -0.2) is 4.98 Å². The molecule has 30 heavy (non-hydrogen) atoms. The van der Waals surface area contributed by atoms with Gasteiger partial charge in [-0.05, 0) is 52.4 Å². The second-order valence-electron chi connectivity index (χ2n) is 8.27. The maximum absolute atomic E-state index is 5.28. The van der Waals surface area contributed by atoms with Crippen LogP contribution in [0.2, 0.25) is 0 Å². The number of hydrogen-bond acceptors (Lipinski definition) is 1. The molecule has 2 heteroatoms. The van der Waals surface area contributed by atoms with Crippen molar-refractivity contribution in [2.45, 2.75) is 18.8 Å². The van der Waals surface area contributed by atoms with E-state index >= 15 is 0 Å². The quantitative estimate of drug-likeness (QED) is 0.326. The number of fused-ring (bicyclic) bond motifs is 12. The van der Waals surface area contributed by atoms with Gasteiger partial charge in [0.15, 0.2) is 0 Å². The molecule has 1 aromatic heterocycles. The van der Waals surface area contributed by atoms with Crippen LogP contribution in [0.1, 0.15) is 35.0 Å². The normalized spacial score (nSPS) is 14.6. The summed E-state index contributed by atoms with van der Waals surface area (Å²) in [5, 5.41) is 0. The van der Waals surface area contributed by atoms with Crippen molar-refractivity contribution in [2.24, 2.45) is 0 Å². The van der Waals surface area contributed by atoms with Gasteiger partial charge in [0.2, 0.25) is 0 Å². The predicted octanol–water partition coefficient (Wildman–Crippen LogP) is 6.26. The molecule has 0 unspecified atom stereocenters. The zero-order chi connectivity index (χ0) is 19.9. The van der Waals surface area contributed by atoms with Gasteiger partial charge in [-0.1, -0.05) is 79.7 Å². The fourth-order valence-electron chi connectivity index (χ4n) is 5.88. The summed E-state index contributed by atoms with van der Waals surface area (Å²) in [7, 11) is 0. The van der Waals surface area contributed by atoms with E-state index < -0.39 is 0 Å². The second-order valence-corrected chi connectivity index (χ2v) is 8.27. The van der Waals surface area contributed by atoms with Crippen LogP contribution in [-0.4, -0.2) is 9.55 Å². The Labute approximate surface area is 175 Å². The molecule has 4 aromatic carbocycles. The number of para-hydroxylation sites is 2. The monoisotopic (exact) mass is 384 g/mol. The second kappa shape index (κ2) is 5.48. The Balaban J connectivity index is 1.77. The van der Waals surface area contributed by atoms with E-state index in [-0.39, 0.29) is 5.41 Å². The van der Waals surface area contributed by atoms with Crippen molar-refractivity contribution in [3.8, 4) is 16.8 Å². The smallest absolute Gasteiger partial charge is 0.134 e. The number of imidazole rings is 1. The molecule has 0 amide bonds. The minimum absolute atomic E-state index is 0.367. The minimum atomic E-state index is -0.367. The molecule has 0 saturated carbocycles. The van der Waals surface area contributed by atoms with E-state index in [1.165, 1.54) is 44.6 Å². The van der Waals surface area contributed by atoms with Crippen LogP contribution in [0, 0.1) is 0 Å². The van der Waals surface area contributed by atoms with Crippen molar-refractivity contribution in [2.75, 3.05) is 0 Å². The van der Waals surface area contributed by atoms with Gasteiger partial charge in [0.1, 0.15) is 11.2 Å². The number of benzene rings is 4. The number of aromatic nitrogens is 2. The lowest BCUT2D eigenvalue weighted by molar-refractivity contribution is 0.729. The first kappa shape index (κ1) is 16.2. The highest BCUT2D eigenvalue weighted by molar-refractivity contribution is 5.91. The number of hydrogen-bond donors (Lipinski definition) is 0. The third kappa shape index (κ3) is 1.66. The summed E-state index contributed by atoms with van der Waals surface area (Å²) in [5.41, 5.74) is 11.3. The minimum Gasteiger partial charge on any atom is -0.295 e. The first-order valence-electron chi connectivity index (χ1n) is 10.7. The molecule has 142 valence electrons. The number of aryl methyl sites for hydroxylation is 1. The highest BCUT2D eigenvalue weighted by Gasteiger charge is 2.54. The van der Waals surface area contributed by atoms with Crippen LogP contribution < -0.4 is 0 Å². The first-order valence-corrected chi connectivity index (χ1v) is 10.7. The lowest BCUT2D eigenvalue weighted by atomic mass is 9.71. The molecular formula is C28H20N2. The summed E-state index contributed by atoms with van der Waals surface area (Å²) in [6.07, 6.45) is 0.998. The molecule has 1 aliphatic carbocycles. The summed E-state index contributed by atoms with van der Waals surface area (Å²) in [5.74, 6) is 1.12. The summed E-state index contributed by atoms with van der Waals surface area (Å²) in [6, 6.07) is 33.1. The lowest BCUT2D eigenvalue weighted by Gasteiger charge is -2.29. The van der Waals surface area contributed by atoms with Crippen molar-refractivity contribution in [1.82, 2.24) is 9.55 Å². The lowest BCUT2D eigenvalue weighted by Crippen LogP contribution is -2.28. The van der Waals surface area contributed by atoms with Gasteiger partial charge in [0, 0.05) is 5.56 Å². The van der Waals surface area contributed by atoms with Crippen LogP contribution in [0.15, 0.2) is 91.0 Å². The van der Waals surface area contributed by atoms with E-state index in [9.17, 15) is 0 Å². The van der Waals surface area contributed by atoms with Crippen molar-refractivity contribution >= 4 is 11.0 Å². The summed E-state index contributed by atoms with van der Waals surface area (Å²) < 4.78 is 2.41. The molecule has 0 saturated heterocycles. The van der Waals surface area contributed by atoms with Gasteiger partial charge < -0.3 is 0 Å². The largest absolute Gasteiger partial charge is 0.295 e. The van der Waals surface area contributed by atoms with E-state index in [1.807, 2.05) is 0 Å². The zero-order valence-electron chi connectivity index (χ0n) is 16.8. The SMILES string of the molecule is CCc1cccc2c1C1(c3ccccc3-c3ccccc31)c1nc3ccccc3n1-2. The molecule has 0 atom stereocenters. The van der Waals surface area contributed by atoms with Crippen LogP contribution in [0.4, 0.5) is 0 Å². The van der Waals surface area contributed by atoms with Gasteiger partial charge in [-0.15, -0.1) is 0 Å². The molecule has 2 aliphatic rings. The Morgan fingerprint density at radius 3 is 2.13 bits per heavy atom. The van der Waals surface area contributed by atoms with Gasteiger partial charge >= 0.3 is 0 Å². The molecule has 1 spiro atoms.